The van der Waals surface area contributed by atoms with Gasteiger partial charge in [-0.15, -0.1) is 0 Å². The van der Waals surface area contributed by atoms with Gasteiger partial charge in [-0.2, -0.15) is 0 Å². The molecule has 0 unspecified atom stereocenters. The molecule has 0 bridgehead atoms. The van der Waals surface area contributed by atoms with Gasteiger partial charge >= 0.3 is 0 Å². The van der Waals surface area contributed by atoms with Gasteiger partial charge in [-0.25, -0.2) is 4.39 Å². The average molecular weight is 209 g/mol. The van der Waals surface area contributed by atoms with Crippen LogP contribution in [-0.4, -0.2) is 23.7 Å². The molecule has 0 saturated heterocycles. The first-order valence-corrected chi connectivity index (χ1v) is 4.81. The van der Waals surface area contributed by atoms with Crippen LogP contribution in [0.15, 0.2) is 30.3 Å². The van der Waals surface area contributed by atoms with Gasteiger partial charge in [0.1, 0.15) is 6.61 Å². The van der Waals surface area contributed by atoms with Crippen molar-refractivity contribution in [2.24, 2.45) is 0 Å². The Bertz CT molecular complexity index is 368. The highest BCUT2D eigenvalue weighted by molar-refractivity contribution is 5.78. The molecule has 0 aliphatic heterocycles. The zero-order valence-corrected chi connectivity index (χ0v) is 8.11. The lowest BCUT2D eigenvalue weighted by atomic mass is 10.1. The second-order valence-electron chi connectivity index (χ2n) is 3.71. The van der Waals surface area contributed by atoms with Crippen molar-refractivity contribution < 1.29 is 14.3 Å². The molecular weight excluding hydrogens is 197 g/mol. The van der Waals surface area contributed by atoms with Crippen molar-refractivity contribution in [3.63, 3.8) is 0 Å². The SMILES string of the molecule is O=C(CO)N[C@H]1C[C@@]1(F)c1ccccc1. The van der Waals surface area contributed by atoms with Crippen LogP contribution in [0.2, 0.25) is 0 Å². The van der Waals surface area contributed by atoms with Crippen molar-refractivity contribution in [2.45, 2.75) is 18.1 Å². The Morgan fingerprint density at radius 2 is 2.20 bits per heavy atom. The molecule has 0 aromatic heterocycles. The fourth-order valence-electron chi connectivity index (χ4n) is 1.68. The van der Waals surface area contributed by atoms with E-state index in [9.17, 15) is 9.18 Å². The predicted molar refractivity (Wildman–Crippen MR) is 52.9 cm³/mol. The lowest BCUT2D eigenvalue weighted by Crippen LogP contribution is -2.31. The number of carbonyl (C=O) groups is 1. The summed E-state index contributed by atoms with van der Waals surface area (Å²) >= 11 is 0. The Morgan fingerprint density at radius 3 is 2.80 bits per heavy atom. The van der Waals surface area contributed by atoms with Gasteiger partial charge in [-0.05, 0) is 5.56 Å². The molecule has 80 valence electrons. The summed E-state index contributed by atoms with van der Waals surface area (Å²) in [5.41, 5.74) is -0.875. The van der Waals surface area contributed by atoms with Gasteiger partial charge in [-0.1, -0.05) is 30.3 Å². The molecule has 2 N–H and O–H groups in total. The molecule has 1 aliphatic carbocycles. The van der Waals surface area contributed by atoms with Crippen LogP contribution in [0.5, 0.6) is 0 Å². The lowest BCUT2D eigenvalue weighted by molar-refractivity contribution is -0.124. The number of nitrogens with one attached hydrogen (secondary N) is 1. The molecule has 1 aliphatic rings. The Kier molecular flexibility index (Phi) is 2.44. The van der Waals surface area contributed by atoms with Crippen molar-refractivity contribution in [1.82, 2.24) is 5.32 Å². The number of aliphatic hydroxyl groups excluding tert-OH is 1. The summed E-state index contributed by atoms with van der Waals surface area (Å²) in [6, 6.07) is 8.24. The molecule has 1 aromatic carbocycles. The van der Waals surface area contributed by atoms with Crippen LogP contribution in [0.3, 0.4) is 0 Å². The lowest BCUT2D eigenvalue weighted by Gasteiger charge is -2.08. The maximum Gasteiger partial charge on any atom is 0.246 e. The maximum atomic E-state index is 14.1. The molecule has 0 radical (unpaired) electrons. The van der Waals surface area contributed by atoms with Crippen LogP contribution in [0, 0.1) is 0 Å². The van der Waals surface area contributed by atoms with Gasteiger partial charge in [0, 0.05) is 6.42 Å². The third kappa shape index (κ3) is 1.85. The fourth-order valence-corrected chi connectivity index (χ4v) is 1.68. The normalized spacial score (nSPS) is 28.5. The highest BCUT2D eigenvalue weighted by Gasteiger charge is 2.57. The minimum atomic E-state index is -1.45. The molecule has 1 fully saturated rings. The molecule has 0 heterocycles. The molecular formula is C11H12FNO2. The Morgan fingerprint density at radius 1 is 1.53 bits per heavy atom. The number of halogens is 1. The van der Waals surface area contributed by atoms with Crippen molar-refractivity contribution in [1.29, 1.82) is 0 Å². The Balaban J connectivity index is 2.04. The van der Waals surface area contributed by atoms with E-state index in [0.29, 0.717) is 5.56 Å². The van der Waals surface area contributed by atoms with Crippen LogP contribution in [0.4, 0.5) is 4.39 Å². The number of aliphatic hydroxyl groups is 1. The van der Waals surface area contributed by atoms with Crippen LogP contribution >= 0.6 is 0 Å². The average Bonchev–Trinajstić information content (AvgIpc) is 2.92. The summed E-state index contributed by atoms with van der Waals surface area (Å²) in [5.74, 6) is -0.532. The van der Waals surface area contributed by atoms with Crippen molar-refractivity contribution >= 4 is 5.91 Å². The number of amides is 1. The fraction of sp³-hybridized carbons (Fsp3) is 0.364. The quantitative estimate of drug-likeness (QED) is 0.771. The third-order valence-electron chi connectivity index (χ3n) is 2.63. The van der Waals surface area contributed by atoms with Gasteiger partial charge in [0.2, 0.25) is 5.91 Å². The van der Waals surface area contributed by atoms with E-state index in [1.807, 2.05) is 6.07 Å². The van der Waals surface area contributed by atoms with Crippen LogP contribution < -0.4 is 5.32 Å². The Labute approximate surface area is 86.9 Å². The van der Waals surface area contributed by atoms with E-state index in [-0.39, 0.29) is 6.42 Å². The summed E-state index contributed by atoms with van der Waals surface area (Å²) in [5, 5.41) is 10.9. The zero-order valence-electron chi connectivity index (χ0n) is 8.11. The van der Waals surface area contributed by atoms with Crippen molar-refractivity contribution in [3.8, 4) is 0 Å². The number of benzene rings is 1. The number of hydrogen-bond acceptors (Lipinski definition) is 2. The van der Waals surface area contributed by atoms with Gasteiger partial charge in [0.15, 0.2) is 5.67 Å². The maximum absolute atomic E-state index is 14.1. The van der Waals surface area contributed by atoms with Crippen molar-refractivity contribution in [2.75, 3.05) is 6.61 Å². The molecule has 3 nitrogen and oxygen atoms in total. The largest absolute Gasteiger partial charge is 0.387 e. The number of carbonyl (C=O) groups excluding carboxylic acids is 1. The first kappa shape index (κ1) is 10.1. The highest BCUT2D eigenvalue weighted by Crippen LogP contribution is 2.49. The van der Waals surface area contributed by atoms with Crippen LogP contribution in [-0.2, 0) is 10.5 Å². The van der Waals surface area contributed by atoms with E-state index in [1.54, 1.807) is 24.3 Å². The molecule has 2 rings (SSSR count). The minimum Gasteiger partial charge on any atom is -0.387 e. The summed E-state index contributed by atoms with van der Waals surface area (Å²) < 4.78 is 14.1. The topological polar surface area (TPSA) is 49.3 Å². The smallest absolute Gasteiger partial charge is 0.246 e. The zero-order chi connectivity index (χ0) is 10.9. The van der Waals surface area contributed by atoms with E-state index in [1.165, 1.54) is 0 Å². The highest BCUT2D eigenvalue weighted by atomic mass is 19.1. The monoisotopic (exact) mass is 209 g/mol. The Hall–Kier alpha value is -1.42. The number of rotatable bonds is 3. The van der Waals surface area contributed by atoms with Crippen LogP contribution in [0.1, 0.15) is 12.0 Å². The van der Waals surface area contributed by atoms with E-state index < -0.39 is 24.2 Å². The first-order chi connectivity index (χ1) is 7.16. The van der Waals surface area contributed by atoms with Gasteiger partial charge in [-0.3, -0.25) is 4.79 Å². The molecule has 4 heteroatoms. The molecule has 1 aromatic rings. The van der Waals surface area contributed by atoms with Crippen LogP contribution in [0.25, 0.3) is 0 Å². The second-order valence-corrected chi connectivity index (χ2v) is 3.71. The molecule has 15 heavy (non-hydrogen) atoms. The predicted octanol–water partition coefficient (Wildman–Crippen LogP) is 0.732. The van der Waals surface area contributed by atoms with E-state index >= 15 is 0 Å². The molecule has 0 spiro atoms. The van der Waals surface area contributed by atoms with E-state index in [2.05, 4.69) is 5.32 Å². The van der Waals surface area contributed by atoms with Gasteiger partial charge < -0.3 is 10.4 Å². The standard InChI is InChI=1S/C11H12FNO2/c12-11(8-4-2-1-3-5-8)6-9(11)13-10(15)7-14/h1-5,9,14H,6-7H2,(H,13,15)/t9-,11+/m0/s1. The summed E-state index contributed by atoms with van der Waals surface area (Å²) in [6.07, 6.45) is 0.281. The van der Waals surface area contributed by atoms with E-state index in [0.717, 1.165) is 0 Å². The summed E-state index contributed by atoms with van der Waals surface area (Å²) in [7, 11) is 0. The third-order valence-corrected chi connectivity index (χ3v) is 2.63. The van der Waals surface area contributed by atoms with E-state index in [4.69, 9.17) is 5.11 Å². The van der Waals surface area contributed by atoms with Gasteiger partial charge in [0.25, 0.3) is 0 Å². The molecule has 2 atom stereocenters. The van der Waals surface area contributed by atoms with Crippen molar-refractivity contribution in [3.05, 3.63) is 35.9 Å². The minimum absolute atomic E-state index is 0.281. The first-order valence-electron chi connectivity index (χ1n) is 4.81. The number of alkyl halides is 1. The number of hydrogen-bond donors (Lipinski definition) is 2. The van der Waals surface area contributed by atoms with Gasteiger partial charge in [0.05, 0.1) is 6.04 Å². The second kappa shape index (κ2) is 3.62. The summed E-state index contributed by atoms with van der Waals surface area (Å²) in [4.78, 5) is 10.9. The summed E-state index contributed by atoms with van der Waals surface area (Å²) in [6.45, 7) is -0.596. The molecule has 1 saturated carbocycles. The molecule has 1 amide bonds.